The van der Waals surface area contributed by atoms with Crippen LogP contribution in [-0.2, 0) is 0 Å². The summed E-state index contributed by atoms with van der Waals surface area (Å²) in [4.78, 5) is 2.34. The molecule has 0 saturated carbocycles. The molecular weight excluding hydrogens is 202 g/mol. The molecule has 2 rings (SSSR count). The summed E-state index contributed by atoms with van der Waals surface area (Å²) in [7, 11) is 2.15. The van der Waals surface area contributed by atoms with Crippen molar-refractivity contribution in [2.75, 3.05) is 38.5 Å². The van der Waals surface area contributed by atoms with E-state index in [0.29, 0.717) is 6.04 Å². The molecule has 1 unspecified atom stereocenters. The van der Waals surface area contributed by atoms with E-state index in [4.69, 9.17) is 0 Å². The molecule has 88 valence electrons. The van der Waals surface area contributed by atoms with Gasteiger partial charge >= 0.3 is 0 Å². The van der Waals surface area contributed by atoms with E-state index < -0.39 is 0 Å². The first-order valence-corrected chi connectivity index (χ1v) is 5.70. The third kappa shape index (κ3) is 3.15. The zero-order chi connectivity index (χ0) is 11.4. The number of aryl methyl sites for hydroxylation is 1. The number of aromatic nitrogens is 2. The highest BCUT2D eigenvalue weighted by molar-refractivity contribution is 5.32. The van der Waals surface area contributed by atoms with Crippen molar-refractivity contribution in [3.63, 3.8) is 0 Å². The normalized spacial score (nSPS) is 22.0. The van der Waals surface area contributed by atoms with E-state index in [0.717, 1.165) is 37.7 Å². The monoisotopic (exact) mass is 221 g/mol. The largest absolute Gasteiger partial charge is 0.367 e. The fourth-order valence-corrected chi connectivity index (χ4v) is 1.85. The molecule has 1 fully saturated rings. The van der Waals surface area contributed by atoms with Gasteiger partial charge in [0.15, 0.2) is 0 Å². The lowest BCUT2D eigenvalue weighted by Gasteiger charge is -2.31. The summed E-state index contributed by atoms with van der Waals surface area (Å²) in [5, 5.41) is 14.9. The van der Waals surface area contributed by atoms with E-state index in [9.17, 15) is 0 Å². The second-order valence-corrected chi connectivity index (χ2v) is 4.35. The molecule has 1 saturated heterocycles. The van der Waals surface area contributed by atoms with Gasteiger partial charge in [-0.15, -0.1) is 5.10 Å². The second-order valence-electron chi connectivity index (χ2n) is 4.35. The molecule has 0 aromatic carbocycles. The molecule has 2 heterocycles. The average Bonchev–Trinajstić information content (AvgIpc) is 2.28. The molecule has 1 aromatic heterocycles. The highest BCUT2D eigenvalue weighted by Crippen LogP contribution is 2.02. The molecule has 0 amide bonds. The summed E-state index contributed by atoms with van der Waals surface area (Å²) in [6, 6.07) is 4.42. The van der Waals surface area contributed by atoms with Crippen LogP contribution < -0.4 is 10.6 Å². The maximum absolute atomic E-state index is 4.08. The molecule has 2 N–H and O–H groups in total. The SMILES string of the molecule is Cc1ccc(NCC2CN(C)CCN2)nn1. The van der Waals surface area contributed by atoms with E-state index in [1.165, 1.54) is 0 Å². The van der Waals surface area contributed by atoms with Crippen molar-refractivity contribution in [3.8, 4) is 0 Å². The number of hydrogen-bond acceptors (Lipinski definition) is 5. The minimum absolute atomic E-state index is 0.488. The van der Waals surface area contributed by atoms with Crippen molar-refractivity contribution in [1.29, 1.82) is 0 Å². The molecule has 5 heteroatoms. The number of hydrogen-bond donors (Lipinski definition) is 2. The van der Waals surface area contributed by atoms with Gasteiger partial charge in [-0.1, -0.05) is 0 Å². The maximum Gasteiger partial charge on any atom is 0.148 e. The van der Waals surface area contributed by atoms with E-state index >= 15 is 0 Å². The van der Waals surface area contributed by atoms with Gasteiger partial charge in [-0.2, -0.15) is 5.10 Å². The molecule has 5 nitrogen and oxygen atoms in total. The zero-order valence-electron chi connectivity index (χ0n) is 9.90. The summed E-state index contributed by atoms with van der Waals surface area (Å²) in [5.74, 6) is 0.848. The summed E-state index contributed by atoms with van der Waals surface area (Å²) in [6.45, 7) is 6.09. The minimum Gasteiger partial charge on any atom is -0.367 e. The molecule has 1 aliphatic heterocycles. The van der Waals surface area contributed by atoms with Crippen LogP contribution in [0.4, 0.5) is 5.82 Å². The van der Waals surface area contributed by atoms with E-state index in [1.54, 1.807) is 0 Å². The fourth-order valence-electron chi connectivity index (χ4n) is 1.85. The third-order valence-corrected chi connectivity index (χ3v) is 2.79. The van der Waals surface area contributed by atoms with Crippen molar-refractivity contribution in [2.24, 2.45) is 0 Å². The van der Waals surface area contributed by atoms with Crippen molar-refractivity contribution in [3.05, 3.63) is 17.8 Å². The number of piperazine rings is 1. The third-order valence-electron chi connectivity index (χ3n) is 2.79. The Labute approximate surface area is 96.2 Å². The lowest BCUT2D eigenvalue weighted by Crippen LogP contribution is -2.51. The van der Waals surface area contributed by atoms with Gasteiger partial charge in [0, 0.05) is 32.2 Å². The van der Waals surface area contributed by atoms with Gasteiger partial charge in [-0.25, -0.2) is 0 Å². The highest BCUT2D eigenvalue weighted by atomic mass is 15.2. The van der Waals surface area contributed by atoms with Crippen LogP contribution in [0.15, 0.2) is 12.1 Å². The average molecular weight is 221 g/mol. The predicted molar refractivity (Wildman–Crippen MR) is 64.5 cm³/mol. The Morgan fingerprint density at radius 1 is 1.50 bits per heavy atom. The lowest BCUT2D eigenvalue weighted by molar-refractivity contribution is 0.244. The van der Waals surface area contributed by atoms with Gasteiger partial charge in [0.25, 0.3) is 0 Å². The van der Waals surface area contributed by atoms with Crippen LogP contribution in [0.5, 0.6) is 0 Å². The van der Waals surface area contributed by atoms with Crippen LogP contribution in [-0.4, -0.2) is 54.4 Å². The molecule has 0 radical (unpaired) electrons. The van der Waals surface area contributed by atoms with Crippen molar-refractivity contribution < 1.29 is 0 Å². The van der Waals surface area contributed by atoms with Crippen LogP contribution in [0.25, 0.3) is 0 Å². The Morgan fingerprint density at radius 3 is 3.06 bits per heavy atom. The summed E-state index contributed by atoms with van der Waals surface area (Å²) in [5.41, 5.74) is 0.945. The number of likely N-dealkylation sites (N-methyl/N-ethyl adjacent to an activating group) is 1. The topological polar surface area (TPSA) is 53.1 Å². The predicted octanol–water partition coefficient (Wildman–Crippen LogP) is 0.101. The summed E-state index contributed by atoms with van der Waals surface area (Å²) >= 11 is 0. The fraction of sp³-hybridized carbons (Fsp3) is 0.636. The molecule has 0 bridgehead atoms. The Morgan fingerprint density at radius 2 is 2.38 bits per heavy atom. The number of nitrogens with zero attached hydrogens (tertiary/aromatic N) is 3. The maximum atomic E-state index is 4.08. The van der Waals surface area contributed by atoms with Gasteiger partial charge in [-0.3, -0.25) is 0 Å². The van der Waals surface area contributed by atoms with E-state index in [1.807, 2.05) is 19.1 Å². The Bertz CT molecular complexity index is 324. The quantitative estimate of drug-likeness (QED) is 0.758. The van der Waals surface area contributed by atoms with Crippen LogP contribution in [0.1, 0.15) is 5.69 Å². The first-order valence-electron chi connectivity index (χ1n) is 5.70. The van der Waals surface area contributed by atoms with Gasteiger partial charge in [0.1, 0.15) is 5.82 Å². The van der Waals surface area contributed by atoms with Crippen molar-refractivity contribution >= 4 is 5.82 Å². The second kappa shape index (κ2) is 5.23. The van der Waals surface area contributed by atoms with E-state index in [2.05, 4.69) is 32.8 Å². The van der Waals surface area contributed by atoms with Crippen LogP contribution in [0.2, 0.25) is 0 Å². The molecule has 0 aliphatic carbocycles. The van der Waals surface area contributed by atoms with Gasteiger partial charge in [0.05, 0.1) is 5.69 Å². The minimum atomic E-state index is 0.488. The number of rotatable bonds is 3. The molecule has 1 atom stereocenters. The zero-order valence-corrected chi connectivity index (χ0v) is 9.90. The molecule has 1 aromatic rings. The first kappa shape index (κ1) is 11.3. The molecule has 0 spiro atoms. The number of anilines is 1. The van der Waals surface area contributed by atoms with Crippen molar-refractivity contribution in [2.45, 2.75) is 13.0 Å². The Hall–Kier alpha value is -1.20. The van der Waals surface area contributed by atoms with Crippen LogP contribution in [0.3, 0.4) is 0 Å². The first-order chi connectivity index (χ1) is 7.74. The van der Waals surface area contributed by atoms with Crippen LogP contribution in [0, 0.1) is 6.92 Å². The van der Waals surface area contributed by atoms with Gasteiger partial charge < -0.3 is 15.5 Å². The standard InChI is InChI=1S/C11H19N5/c1-9-3-4-11(15-14-9)13-7-10-8-16(2)6-5-12-10/h3-4,10,12H,5-8H2,1-2H3,(H,13,15). The molecular formula is C11H19N5. The molecule has 16 heavy (non-hydrogen) atoms. The Kier molecular flexibility index (Phi) is 3.69. The molecule has 1 aliphatic rings. The Balaban J connectivity index is 1.80. The highest BCUT2D eigenvalue weighted by Gasteiger charge is 2.15. The lowest BCUT2D eigenvalue weighted by atomic mass is 10.2. The van der Waals surface area contributed by atoms with Gasteiger partial charge in [-0.05, 0) is 26.1 Å². The van der Waals surface area contributed by atoms with E-state index in [-0.39, 0.29) is 0 Å². The van der Waals surface area contributed by atoms with Crippen LogP contribution >= 0.6 is 0 Å². The summed E-state index contributed by atoms with van der Waals surface area (Å²) in [6.07, 6.45) is 0. The van der Waals surface area contributed by atoms with Gasteiger partial charge in [0.2, 0.25) is 0 Å². The van der Waals surface area contributed by atoms with Crippen molar-refractivity contribution in [1.82, 2.24) is 20.4 Å². The summed E-state index contributed by atoms with van der Waals surface area (Å²) < 4.78 is 0. The smallest absolute Gasteiger partial charge is 0.148 e. The number of nitrogens with one attached hydrogen (secondary N) is 2.